The zero-order valence-electron chi connectivity index (χ0n) is 12.0. The highest BCUT2D eigenvalue weighted by Gasteiger charge is 2.41. The first kappa shape index (κ1) is 15.3. The van der Waals surface area contributed by atoms with Gasteiger partial charge in [0.25, 0.3) is 0 Å². The number of nitrogens with two attached hydrogens (primary N) is 1. The second-order valence-corrected chi connectivity index (χ2v) is 6.90. The first-order valence-electron chi connectivity index (χ1n) is 7.18. The molecule has 3 heteroatoms. The Labute approximate surface area is 112 Å². The van der Waals surface area contributed by atoms with Crippen LogP contribution in [0.4, 0.5) is 0 Å². The van der Waals surface area contributed by atoms with Gasteiger partial charge in [0, 0.05) is 29.6 Å². The van der Waals surface area contributed by atoms with Crippen LogP contribution in [0.5, 0.6) is 0 Å². The summed E-state index contributed by atoms with van der Waals surface area (Å²) in [6, 6.07) is 0. The van der Waals surface area contributed by atoms with Crippen molar-refractivity contribution < 1.29 is 0 Å². The number of likely N-dealkylation sites (N-methyl/N-ethyl adjacent to an activating group) is 1. The molecular formula is C14H30N2S. The van der Waals surface area contributed by atoms with E-state index in [1.165, 1.54) is 31.6 Å². The Hall–Kier alpha value is 0.270. The van der Waals surface area contributed by atoms with E-state index in [1.807, 2.05) is 0 Å². The first-order chi connectivity index (χ1) is 8.11. The minimum atomic E-state index is 0.279. The zero-order chi connectivity index (χ0) is 12.9. The van der Waals surface area contributed by atoms with Gasteiger partial charge in [-0.3, -0.25) is 4.90 Å². The Bertz CT molecular complexity index is 218. The van der Waals surface area contributed by atoms with Gasteiger partial charge in [-0.1, -0.05) is 40.5 Å². The monoisotopic (exact) mass is 258 g/mol. The second-order valence-electron chi connectivity index (χ2n) is 5.48. The molecule has 0 bridgehead atoms. The molecular weight excluding hydrogens is 228 g/mol. The van der Waals surface area contributed by atoms with Crippen molar-refractivity contribution in [1.82, 2.24) is 4.90 Å². The summed E-state index contributed by atoms with van der Waals surface area (Å²) in [5.74, 6) is 2.05. The first-order valence-corrected chi connectivity index (χ1v) is 8.23. The van der Waals surface area contributed by atoms with Crippen LogP contribution in [-0.2, 0) is 0 Å². The molecule has 0 aromatic rings. The van der Waals surface area contributed by atoms with Gasteiger partial charge in [-0.05, 0) is 18.9 Å². The molecule has 0 saturated carbocycles. The van der Waals surface area contributed by atoms with E-state index in [0.29, 0.717) is 0 Å². The van der Waals surface area contributed by atoms with Crippen molar-refractivity contribution in [2.75, 3.05) is 25.4 Å². The molecule has 0 aliphatic carbocycles. The van der Waals surface area contributed by atoms with Gasteiger partial charge in [0.15, 0.2) is 0 Å². The lowest BCUT2D eigenvalue weighted by Crippen LogP contribution is -2.55. The molecule has 0 aromatic heterocycles. The van der Waals surface area contributed by atoms with Crippen molar-refractivity contribution in [2.45, 2.75) is 57.7 Å². The molecule has 0 spiro atoms. The summed E-state index contributed by atoms with van der Waals surface area (Å²) in [6.07, 6.45) is 3.84. The standard InChI is InChI=1S/C14H30N2S/c1-5-13(6-2)9-16(7-3)14(10-15)8-12(4)17-11-14/h12-13H,5-11,15H2,1-4H3. The van der Waals surface area contributed by atoms with Crippen LogP contribution in [-0.4, -0.2) is 41.1 Å². The molecule has 0 amide bonds. The smallest absolute Gasteiger partial charge is 0.0432 e. The lowest BCUT2D eigenvalue weighted by molar-refractivity contribution is 0.0961. The van der Waals surface area contributed by atoms with Gasteiger partial charge in [0.2, 0.25) is 0 Å². The van der Waals surface area contributed by atoms with Crippen molar-refractivity contribution in [1.29, 1.82) is 0 Å². The highest BCUT2D eigenvalue weighted by Crippen LogP contribution is 2.38. The maximum absolute atomic E-state index is 6.11. The minimum absolute atomic E-state index is 0.279. The Kier molecular flexibility index (Phi) is 6.32. The molecule has 0 radical (unpaired) electrons. The van der Waals surface area contributed by atoms with Gasteiger partial charge in [-0.25, -0.2) is 0 Å². The average Bonchev–Trinajstić information content (AvgIpc) is 2.74. The van der Waals surface area contributed by atoms with Crippen LogP contribution in [0, 0.1) is 5.92 Å². The van der Waals surface area contributed by atoms with E-state index in [-0.39, 0.29) is 5.54 Å². The van der Waals surface area contributed by atoms with Crippen LogP contribution in [0.3, 0.4) is 0 Å². The summed E-state index contributed by atoms with van der Waals surface area (Å²) < 4.78 is 0. The van der Waals surface area contributed by atoms with Gasteiger partial charge < -0.3 is 5.73 Å². The summed E-state index contributed by atoms with van der Waals surface area (Å²) in [5, 5.41) is 0.773. The van der Waals surface area contributed by atoms with Gasteiger partial charge in [-0.2, -0.15) is 11.8 Å². The Morgan fingerprint density at radius 3 is 2.35 bits per heavy atom. The summed E-state index contributed by atoms with van der Waals surface area (Å²) in [7, 11) is 0. The summed E-state index contributed by atoms with van der Waals surface area (Å²) in [5.41, 5.74) is 6.39. The van der Waals surface area contributed by atoms with E-state index < -0.39 is 0 Å². The molecule has 1 aliphatic rings. The number of thioether (sulfide) groups is 1. The fourth-order valence-corrected chi connectivity index (χ4v) is 4.40. The molecule has 102 valence electrons. The normalized spacial score (nSPS) is 29.5. The molecule has 2 N–H and O–H groups in total. The lowest BCUT2D eigenvalue weighted by Gasteiger charge is -2.41. The molecule has 1 heterocycles. The maximum Gasteiger partial charge on any atom is 0.0432 e. The van der Waals surface area contributed by atoms with Crippen LogP contribution < -0.4 is 5.73 Å². The van der Waals surface area contributed by atoms with Crippen LogP contribution in [0.2, 0.25) is 0 Å². The SMILES string of the molecule is CCC(CC)CN(CC)C1(CN)CSC(C)C1. The van der Waals surface area contributed by atoms with Gasteiger partial charge in [0.1, 0.15) is 0 Å². The second kappa shape index (κ2) is 7.01. The zero-order valence-corrected chi connectivity index (χ0v) is 12.9. The largest absolute Gasteiger partial charge is 0.329 e. The number of hydrogen-bond donors (Lipinski definition) is 1. The molecule has 0 aromatic carbocycles. The number of rotatable bonds is 7. The molecule has 1 saturated heterocycles. The quantitative estimate of drug-likeness (QED) is 0.761. The topological polar surface area (TPSA) is 29.3 Å². The number of nitrogens with zero attached hydrogens (tertiary/aromatic N) is 1. The molecule has 2 nitrogen and oxygen atoms in total. The highest BCUT2D eigenvalue weighted by atomic mass is 32.2. The maximum atomic E-state index is 6.11. The van der Waals surface area contributed by atoms with Crippen LogP contribution >= 0.6 is 11.8 Å². The third-order valence-corrected chi connectivity index (χ3v) is 5.81. The van der Waals surface area contributed by atoms with Crippen LogP contribution in [0.25, 0.3) is 0 Å². The van der Waals surface area contributed by atoms with Crippen LogP contribution in [0.1, 0.15) is 47.0 Å². The third-order valence-electron chi connectivity index (χ3n) is 4.37. The predicted octanol–water partition coefficient (Wildman–Crippen LogP) is 2.97. The molecule has 1 rings (SSSR count). The van der Waals surface area contributed by atoms with Gasteiger partial charge in [-0.15, -0.1) is 0 Å². The van der Waals surface area contributed by atoms with E-state index in [9.17, 15) is 0 Å². The molecule has 17 heavy (non-hydrogen) atoms. The molecule has 2 unspecified atom stereocenters. The van der Waals surface area contributed by atoms with Gasteiger partial charge in [0.05, 0.1) is 0 Å². The fourth-order valence-electron chi connectivity index (χ4n) is 2.96. The summed E-state index contributed by atoms with van der Waals surface area (Å²) in [4.78, 5) is 2.67. The molecule has 2 atom stereocenters. The Morgan fingerprint density at radius 2 is 2.00 bits per heavy atom. The summed E-state index contributed by atoms with van der Waals surface area (Å²) >= 11 is 2.09. The van der Waals surface area contributed by atoms with Crippen molar-refractivity contribution in [2.24, 2.45) is 11.7 Å². The highest BCUT2D eigenvalue weighted by molar-refractivity contribution is 8.00. The molecule has 1 fully saturated rings. The predicted molar refractivity (Wildman–Crippen MR) is 79.6 cm³/mol. The van der Waals surface area contributed by atoms with Crippen LogP contribution in [0.15, 0.2) is 0 Å². The lowest BCUT2D eigenvalue weighted by atomic mass is 9.91. The average molecular weight is 258 g/mol. The van der Waals surface area contributed by atoms with E-state index in [2.05, 4.69) is 44.4 Å². The van der Waals surface area contributed by atoms with E-state index in [1.54, 1.807) is 0 Å². The van der Waals surface area contributed by atoms with E-state index in [4.69, 9.17) is 5.73 Å². The summed E-state index contributed by atoms with van der Waals surface area (Å²) in [6.45, 7) is 12.4. The van der Waals surface area contributed by atoms with Crippen molar-refractivity contribution >= 4 is 11.8 Å². The van der Waals surface area contributed by atoms with Crippen molar-refractivity contribution in [3.8, 4) is 0 Å². The number of hydrogen-bond acceptors (Lipinski definition) is 3. The Balaban J connectivity index is 2.70. The van der Waals surface area contributed by atoms with Gasteiger partial charge >= 0.3 is 0 Å². The Morgan fingerprint density at radius 1 is 1.35 bits per heavy atom. The van der Waals surface area contributed by atoms with Crippen molar-refractivity contribution in [3.63, 3.8) is 0 Å². The third kappa shape index (κ3) is 3.62. The van der Waals surface area contributed by atoms with E-state index >= 15 is 0 Å². The fraction of sp³-hybridized carbons (Fsp3) is 1.00. The van der Waals surface area contributed by atoms with Crippen molar-refractivity contribution in [3.05, 3.63) is 0 Å². The minimum Gasteiger partial charge on any atom is -0.329 e. The molecule has 1 aliphatic heterocycles. The van der Waals surface area contributed by atoms with E-state index in [0.717, 1.165) is 24.3 Å².